The van der Waals surface area contributed by atoms with Crippen LogP contribution in [0.4, 0.5) is 0 Å². The minimum Gasteiger partial charge on any atom is -0.443 e. The fourth-order valence-electron chi connectivity index (χ4n) is 6.14. The highest BCUT2D eigenvalue weighted by Crippen LogP contribution is 2.49. The van der Waals surface area contributed by atoms with Gasteiger partial charge in [0.05, 0.1) is 4.75 Å². The Hall–Kier alpha value is -4.61. The third-order valence-corrected chi connectivity index (χ3v) is 10.5. The Balaban J connectivity index is 1.42. The van der Waals surface area contributed by atoms with E-state index in [1.165, 1.54) is 0 Å². The zero-order valence-electron chi connectivity index (χ0n) is 26.1. The van der Waals surface area contributed by atoms with E-state index in [0.29, 0.717) is 16.3 Å². The second kappa shape index (κ2) is 14.4. The van der Waals surface area contributed by atoms with Gasteiger partial charge in [-0.25, -0.2) is 0 Å². The molecule has 5 heteroatoms. The van der Waals surface area contributed by atoms with E-state index < -0.39 is 22.4 Å². The molecule has 0 saturated carbocycles. The van der Waals surface area contributed by atoms with Crippen LogP contribution >= 0.6 is 23.4 Å². The Morgan fingerprint density at radius 2 is 1.02 bits per heavy atom. The maximum absolute atomic E-state index is 14.4. The molecule has 0 aliphatic carbocycles. The Morgan fingerprint density at radius 3 is 1.49 bits per heavy atom. The number of ether oxygens (including phenoxy) is 1. The van der Waals surface area contributed by atoms with Gasteiger partial charge in [0.2, 0.25) is 0 Å². The van der Waals surface area contributed by atoms with Crippen LogP contribution in [0, 0.1) is 6.92 Å². The van der Waals surface area contributed by atoms with E-state index >= 15 is 0 Å². The van der Waals surface area contributed by atoms with Crippen LogP contribution in [0.5, 0.6) is 0 Å². The number of benzene rings is 6. The molecule has 0 spiro atoms. The van der Waals surface area contributed by atoms with Gasteiger partial charge in [-0.15, -0.1) is 11.8 Å². The summed E-state index contributed by atoms with van der Waals surface area (Å²) in [6.45, 7) is 2.03. The second-order valence-corrected chi connectivity index (χ2v) is 13.2. The van der Waals surface area contributed by atoms with Gasteiger partial charge in [-0.1, -0.05) is 181 Å². The molecule has 0 aliphatic rings. The van der Waals surface area contributed by atoms with Gasteiger partial charge in [0.15, 0.2) is 5.60 Å². The Morgan fingerprint density at radius 1 is 0.617 bits per heavy atom. The van der Waals surface area contributed by atoms with Crippen LogP contribution in [-0.2, 0) is 19.9 Å². The molecular weight excluding hydrogens is 618 g/mol. The molecule has 0 heterocycles. The third kappa shape index (κ3) is 6.50. The second-order valence-electron chi connectivity index (χ2n) is 11.5. The summed E-state index contributed by atoms with van der Waals surface area (Å²) >= 11 is 8.53. The number of nitrogens with two attached hydrogens (primary N) is 1. The molecule has 6 aromatic carbocycles. The van der Waals surface area contributed by atoms with Gasteiger partial charge in [0.25, 0.3) is 0 Å². The third-order valence-electron chi connectivity index (χ3n) is 8.47. The van der Waals surface area contributed by atoms with Crippen LogP contribution in [0.3, 0.4) is 0 Å². The predicted molar refractivity (Wildman–Crippen MR) is 195 cm³/mol. The van der Waals surface area contributed by atoms with Crippen molar-refractivity contribution in [2.45, 2.75) is 23.3 Å². The van der Waals surface area contributed by atoms with Crippen LogP contribution < -0.4 is 5.73 Å². The van der Waals surface area contributed by atoms with Gasteiger partial charge < -0.3 is 10.5 Å². The van der Waals surface area contributed by atoms with E-state index in [0.717, 1.165) is 33.4 Å². The zero-order valence-corrected chi connectivity index (χ0v) is 27.7. The van der Waals surface area contributed by atoms with Crippen molar-refractivity contribution in [2.24, 2.45) is 5.73 Å². The average Bonchev–Trinajstić information content (AvgIpc) is 3.13. The topological polar surface area (TPSA) is 52.3 Å². The predicted octanol–water partition coefficient (Wildman–Crippen LogP) is 9.54. The molecule has 0 aromatic heterocycles. The van der Waals surface area contributed by atoms with Crippen molar-refractivity contribution >= 4 is 29.3 Å². The van der Waals surface area contributed by atoms with Crippen molar-refractivity contribution < 1.29 is 9.53 Å². The van der Waals surface area contributed by atoms with Crippen LogP contribution in [0.25, 0.3) is 0 Å². The monoisotopic (exact) mass is 653 g/mol. The maximum atomic E-state index is 14.4. The smallest absolute Gasteiger partial charge is 0.325 e. The summed E-state index contributed by atoms with van der Waals surface area (Å²) in [6, 6.07) is 55.4. The standard InChI is InChI=1S/C42H36ClNO2S/c1-31-26-28-33(29-27-31)41(32-16-6-2-7-17-32,37-24-14-15-25-38(37)43)46-40(45)39(44)30-47-42(34-18-8-3-9-19-34,35-20-10-4-11-21-35)36-22-12-5-13-23-36/h2-29,39H,30,44H2,1H3. The number of hydrogen-bond donors (Lipinski definition) is 1. The lowest BCUT2D eigenvalue weighted by molar-refractivity contribution is -0.154. The van der Waals surface area contributed by atoms with E-state index in [4.69, 9.17) is 22.1 Å². The molecule has 2 N–H and O–H groups in total. The molecule has 0 aliphatic heterocycles. The first kappa shape index (κ1) is 32.3. The van der Waals surface area contributed by atoms with Gasteiger partial charge in [-0.3, -0.25) is 4.79 Å². The Labute approximate surface area is 286 Å². The van der Waals surface area contributed by atoms with E-state index in [-0.39, 0.29) is 0 Å². The van der Waals surface area contributed by atoms with Gasteiger partial charge >= 0.3 is 5.97 Å². The summed E-state index contributed by atoms with van der Waals surface area (Å²) < 4.78 is 6.07. The molecule has 234 valence electrons. The molecule has 47 heavy (non-hydrogen) atoms. The highest BCUT2D eigenvalue weighted by atomic mass is 35.5. The van der Waals surface area contributed by atoms with Gasteiger partial charge in [-0.2, -0.15) is 0 Å². The Kier molecular flexibility index (Phi) is 9.93. The summed E-state index contributed by atoms with van der Waals surface area (Å²) in [5, 5.41) is 0.490. The molecule has 6 aromatic rings. The lowest BCUT2D eigenvalue weighted by Gasteiger charge is -2.38. The van der Waals surface area contributed by atoms with Crippen molar-refractivity contribution in [1.82, 2.24) is 0 Å². The summed E-state index contributed by atoms with van der Waals surface area (Å²) in [7, 11) is 0. The number of carbonyl (C=O) groups excluding carboxylic acids is 1. The minimum absolute atomic E-state index is 0.290. The van der Waals surface area contributed by atoms with Gasteiger partial charge in [0.1, 0.15) is 6.04 Å². The first-order valence-electron chi connectivity index (χ1n) is 15.6. The van der Waals surface area contributed by atoms with Crippen molar-refractivity contribution in [3.8, 4) is 0 Å². The quantitative estimate of drug-likeness (QED) is 0.112. The fraction of sp³-hybridized carbons (Fsp3) is 0.119. The number of esters is 1. The lowest BCUT2D eigenvalue weighted by Crippen LogP contribution is -2.43. The summed E-state index contributed by atoms with van der Waals surface area (Å²) in [5.74, 6) is -0.233. The van der Waals surface area contributed by atoms with Gasteiger partial charge in [-0.05, 0) is 29.7 Å². The number of carbonyl (C=O) groups is 1. The summed E-state index contributed by atoms with van der Waals surface area (Å²) in [4.78, 5) is 14.4. The number of hydrogen-bond acceptors (Lipinski definition) is 4. The SMILES string of the molecule is Cc1ccc(C(OC(=O)C(N)CSC(c2ccccc2)(c2ccccc2)c2ccccc2)(c2ccccc2)c2ccccc2Cl)cc1. The highest BCUT2D eigenvalue weighted by molar-refractivity contribution is 8.00. The largest absolute Gasteiger partial charge is 0.443 e. The molecule has 6 rings (SSSR count). The van der Waals surface area contributed by atoms with Gasteiger partial charge in [0, 0.05) is 27.5 Å². The van der Waals surface area contributed by atoms with E-state index in [9.17, 15) is 4.79 Å². The van der Waals surface area contributed by atoms with Crippen molar-refractivity contribution in [3.63, 3.8) is 0 Å². The lowest BCUT2D eigenvalue weighted by atomic mass is 9.79. The zero-order chi connectivity index (χ0) is 32.7. The first-order chi connectivity index (χ1) is 22.9. The van der Waals surface area contributed by atoms with Crippen molar-refractivity contribution in [3.05, 3.63) is 214 Å². The summed E-state index contributed by atoms with van der Waals surface area (Å²) in [6.07, 6.45) is 0. The van der Waals surface area contributed by atoms with E-state index in [2.05, 4.69) is 36.4 Å². The van der Waals surface area contributed by atoms with E-state index in [1.807, 2.05) is 140 Å². The highest BCUT2D eigenvalue weighted by Gasteiger charge is 2.44. The molecule has 2 atom stereocenters. The fourth-order valence-corrected chi connectivity index (χ4v) is 7.88. The van der Waals surface area contributed by atoms with Crippen LogP contribution in [-0.4, -0.2) is 17.8 Å². The number of halogens is 1. The number of rotatable bonds is 11. The van der Waals surface area contributed by atoms with Crippen molar-refractivity contribution in [1.29, 1.82) is 0 Å². The normalized spacial score (nSPS) is 13.3. The van der Waals surface area contributed by atoms with E-state index in [1.54, 1.807) is 11.8 Å². The molecular formula is C42H36ClNO2S. The Bertz CT molecular complexity index is 1810. The van der Waals surface area contributed by atoms with Crippen LogP contribution in [0.1, 0.15) is 38.9 Å². The maximum Gasteiger partial charge on any atom is 0.325 e. The summed E-state index contributed by atoms with van der Waals surface area (Å²) in [5.41, 5.74) is 12.1. The minimum atomic E-state index is -1.33. The number of aryl methyl sites for hydroxylation is 1. The van der Waals surface area contributed by atoms with Crippen molar-refractivity contribution in [2.75, 3.05) is 5.75 Å². The number of thioether (sulfide) groups is 1. The molecule has 0 bridgehead atoms. The molecule has 0 amide bonds. The van der Waals surface area contributed by atoms with Crippen LogP contribution in [0.2, 0.25) is 5.02 Å². The van der Waals surface area contributed by atoms with Crippen LogP contribution in [0.15, 0.2) is 170 Å². The molecule has 2 unspecified atom stereocenters. The molecule has 3 nitrogen and oxygen atoms in total. The molecule has 0 fully saturated rings. The average molecular weight is 654 g/mol. The molecule has 0 radical (unpaired) electrons. The molecule has 0 saturated heterocycles. The first-order valence-corrected chi connectivity index (χ1v) is 17.0.